The molecule has 7 nitrogen and oxygen atoms in total. The van der Waals surface area contributed by atoms with E-state index in [0.717, 1.165) is 82.1 Å². The van der Waals surface area contributed by atoms with Gasteiger partial charge in [-0.25, -0.2) is 4.98 Å². The van der Waals surface area contributed by atoms with E-state index in [1.807, 2.05) is 0 Å². The molecule has 2 heterocycles. The maximum atomic E-state index is 5.09. The minimum absolute atomic E-state index is 0. The van der Waals surface area contributed by atoms with E-state index in [4.69, 9.17) is 9.73 Å². The van der Waals surface area contributed by atoms with Crippen molar-refractivity contribution in [1.29, 1.82) is 0 Å². The quantitative estimate of drug-likeness (QED) is 0.246. The zero-order valence-electron chi connectivity index (χ0n) is 16.2. The molecule has 0 unspecified atom stereocenters. The van der Waals surface area contributed by atoms with Crippen molar-refractivity contribution in [2.45, 2.75) is 39.5 Å². The molecule has 0 spiro atoms. The smallest absolute Gasteiger partial charge is 0.205 e. The molecule has 1 saturated heterocycles. The first kappa shape index (κ1) is 23.4. The number of aromatic nitrogens is 2. The molecular weight excluding hydrogens is 463 g/mol. The maximum absolute atomic E-state index is 5.09. The summed E-state index contributed by atoms with van der Waals surface area (Å²) < 4.78 is 9.48. The van der Waals surface area contributed by atoms with Crippen LogP contribution in [0.2, 0.25) is 0 Å². The number of rotatable bonds is 9. The lowest BCUT2D eigenvalue weighted by Gasteiger charge is -2.36. The number of methoxy groups -OCH3 is 1. The summed E-state index contributed by atoms with van der Waals surface area (Å²) in [6, 6.07) is 0. The molecule has 0 saturated carbocycles. The van der Waals surface area contributed by atoms with Gasteiger partial charge in [-0.05, 0) is 26.2 Å². The summed E-state index contributed by atoms with van der Waals surface area (Å²) in [7, 11) is 1.76. The summed E-state index contributed by atoms with van der Waals surface area (Å²) in [6.45, 7) is 10.7. The fourth-order valence-electron chi connectivity index (χ4n) is 2.77. The van der Waals surface area contributed by atoms with Gasteiger partial charge in [0.1, 0.15) is 5.82 Å². The van der Waals surface area contributed by atoms with E-state index in [2.05, 4.69) is 38.3 Å². The third kappa shape index (κ3) is 7.51. The van der Waals surface area contributed by atoms with Crippen LogP contribution in [0.15, 0.2) is 4.99 Å². The fraction of sp³-hybridized carbons (Fsp3) is 0.824. The SMILES string of the molecule is CCNC(=NCCCCCOC)N1CCN(c2nc(CC)ns2)CC1.I. The predicted octanol–water partition coefficient (Wildman–Crippen LogP) is 2.62. The number of aryl methyl sites for hydroxylation is 1. The number of anilines is 1. The largest absolute Gasteiger partial charge is 0.385 e. The maximum Gasteiger partial charge on any atom is 0.205 e. The predicted molar refractivity (Wildman–Crippen MR) is 120 cm³/mol. The molecule has 2 rings (SSSR count). The van der Waals surface area contributed by atoms with Crippen LogP contribution in [-0.4, -0.2) is 73.2 Å². The minimum atomic E-state index is 0. The van der Waals surface area contributed by atoms with Crippen LogP contribution in [0, 0.1) is 0 Å². The normalized spacial score (nSPS) is 15.1. The van der Waals surface area contributed by atoms with Gasteiger partial charge in [0.2, 0.25) is 5.13 Å². The van der Waals surface area contributed by atoms with Gasteiger partial charge >= 0.3 is 0 Å². The first-order chi connectivity index (χ1) is 12.3. The van der Waals surface area contributed by atoms with E-state index in [0.29, 0.717) is 0 Å². The monoisotopic (exact) mass is 496 g/mol. The Bertz CT molecular complexity index is 519. The zero-order valence-corrected chi connectivity index (χ0v) is 19.4. The van der Waals surface area contributed by atoms with Gasteiger partial charge in [-0.15, -0.1) is 24.0 Å². The Morgan fingerprint density at radius 2 is 1.96 bits per heavy atom. The Morgan fingerprint density at radius 1 is 1.19 bits per heavy atom. The van der Waals surface area contributed by atoms with Gasteiger partial charge in [-0.3, -0.25) is 4.99 Å². The van der Waals surface area contributed by atoms with Crippen molar-refractivity contribution in [3.05, 3.63) is 5.82 Å². The minimum Gasteiger partial charge on any atom is -0.385 e. The molecule has 1 N–H and O–H groups in total. The van der Waals surface area contributed by atoms with Crippen molar-refractivity contribution in [3.63, 3.8) is 0 Å². The van der Waals surface area contributed by atoms with E-state index < -0.39 is 0 Å². The summed E-state index contributed by atoms with van der Waals surface area (Å²) in [5, 5.41) is 4.48. The number of hydrogen-bond donors (Lipinski definition) is 1. The van der Waals surface area contributed by atoms with Crippen molar-refractivity contribution >= 4 is 46.6 Å². The van der Waals surface area contributed by atoms with Gasteiger partial charge in [-0.2, -0.15) is 4.37 Å². The summed E-state index contributed by atoms with van der Waals surface area (Å²) in [5.41, 5.74) is 0. The molecule has 1 aromatic heterocycles. The summed E-state index contributed by atoms with van der Waals surface area (Å²) >= 11 is 1.51. The molecule has 1 fully saturated rings. The van der Waals surface area contributed by atoms with E-state index in [-0.39, 0.29) is 24.0 Å². The number of piperazine rings is 1. The van der Waals surface area contributed by atoms with Crippen LogP contribution in [0.4, 0.5) is 5.13 Å². The van der Waals surface area contributed by atoms with Crippen molar-refractivity contribution in [3.8, 4) is 0 Å². The number of guanidine groups is 1. The van der Waals surface area contributed by atoms with Crippen LogP contribution in [0.3, 0.4) is 0 Å². The highest BCUT2D eigenvalue weighted by atomic mass is 127. The van der Waals surface area contributed by atoms with E-state index in [1.165, 1.54) is 18.0 Å². The van der Waals surface area contributed by atoms with Crippen LogP contribution >= 0.6 is 35.5 Å². The number of halogens is 1. The Hall–Kier alpha value is -0.680. The van der Waals surface area contributed by atoms with Crippen LogP contribution in [0.25, 0.3) is 0 Å². The highest BCUT2D eigenvalue weighted by Crippen LogP contribution is 2.19. The summed E-state index contributed by atoms with van der Waals surface area (Å²) in [5.74, 6) is 1.99. The second-order valence-electron chi connectivity index (χ2n) is 6.11. The highest BCUT2D eigenvalue weighted by Gasteiger charge is 2.21. The number of nitrogens with one attached hydrogen (secondary N) is 1. The van der Waals surface area contributed by atoms with Crippen LogP contribution in [-0.2, 0) is 11.2 Å². The molecule has 150 valence electrons. The van der Waals surface area contributed by atoms with Crippen molar-refractivity contribution in [2.24, 2.45) is 4.99 Å². The molecule has 0 amide bonds. The molecule has 1 aliphatic rings. The lowest BCUT2D eigenvalue weighted by atomic mass is 10.2. The Kier molecular flexibility index (Phi) is 12.1. The molecule has 26 heavy (non-hydrogen) atoms. The molecule has 9 heteroatoms. The van der Waals surface area contributed by atoms with Gasteiger partial charge in [0.15, 0.2) is 5.96 Å². The standard InChI is InChI=1S/C17H32N6OS.HI/c1-4-15-20-17(25-21-15)23-12-10-22(11-13-23)16(18-5-2)19-9-7-6-8-14-24-3;/h4-14H2,1-3H3,(H,18,19);1H. The number of nitrogens with zero attached hydrogens (tertiary/aromatic N) is 5. The lowest BCUT2D eigenvalue weighted by Crippen LogP contribution is -2.52. The van der Waals surface area contributed by atoms with Gasteiger partial charge in [0, 0.05) is 70.9 Å². The molecule has 0 aliphatic carbocycles. The topological polar surface area (TPSA) is 65.9 Å². The average Bonchev–Trinajstić information content (AvgIpc) is 3.13. The van der Waals surface area contributed by atoms with E-state index in [9.17, 15) is 0 Å². The number of aliphatic imine (C=N–C) groups is 1. The number of unbranched alkanes of at least 4 members (excludes halogenated alkanes) is 2. The fourth-order valence-corrected chi connectivity index (χ4v) is 3.57. The highest BCUT2D eigenvalue weighted by molar-refractivity contribution is 14.0. The Balaban J connectivity index is 0.00000338. The van der Waals surface area contributed by atoms with Crippen LogP contribution in [0.5, 0.6) is 0 Å². The van der Waals surface area contributed by atoms with E-state index >= 15 is 0 Å². The third-order valence-electron chi connectivity index (χ3n) is 4.23. The van der Waals surface area contributed by atoms with Crippen molar-refractivity contribution in [1.82, 2.24) is 19.6 Å². The Morgan fingerprint density at radius 3 is 2.58 bits per heavy atom. The van der Waals surface area contributed by atoms with Gasteiger partial charge in [0.25, 0.3) is 0 Å². The van der Waals surface area contributed by atoms with Crippen LogP contribution < -0.4 is 10.2 Å². The van der Waals surface area contributed by atoms with Gasteiger partial charge in [-0.1, -0.05) is 6.92 Å². The summed E-state index contributed by atoms with van der Waals surface area (Å²) in [6.07, 6.45) is 4.30. The van der Waals surface area contributed by atoms with Crippen molar-refractivity contribution < 1.29 is 4.74 Å². The molecular formula is C17H33IN6OS. The van der Waals surface area contributed by atoms with Gasteiger partial charge < -0.3 is 19.9 Å². The molecule has 0 radical (unpaired) electrons. The number of hydrogen-bond acceptors (Lipinski definition) is 6. The second kappa shape index (κ2) is 13.5. The van der Waals surface area contributed by atoms with Crippen LogP contribution in [0.1, 0.15) is 38.9 Å². The molecule has 1 aromatic rings. The van der Waals surface area contributed by atoms with E-state index in [1.54, 1.807) is 7.11 Å². The molecule has 0 bridgehead atoms. The first-order valence-corrected chi connectivity index (χ1v) is 10.2. The molecule has 0 aromatic carbocycles. The van der Waals surface area contributed by atoms with Crippen molar-refractivity contribution in [2.75, 3.05) is 57.9 Å². The lowest BCUT2D eigenvalue weighted by molar-refractivity contribution is 0.192. The molecule has 1 aliphatic heterocycles. The second-order valence-corrected chi connectivity index (χ2v) is 6.84. The zero-order chi connectivity index (χ0) is 17.9. The average molecular weight is 496 g/mol. The molecule has 0 atom stereocenters. The number of ether oxygens (including phenoxy) is 1. The Labute approximate surface area is 178 Å². The third-order valence-corrected chi connectivity index (χ3v) is 5.04. The summed E-state index contributed by atoms with van der Waals surface area (Å²) in [4.78, 5) is 14.1. The first-order valence-electron chi connectivity index (χ1n) is 9.38. The van der Waals surface area contributed by atoms with Gasteiger partial charge in [0.05, 0.1) is 0 Å².